The first kappa shape index (κ1) is 77.2. The summed E-state index contributed by atoms with van der Waals surface area (Å²) in [6.07, 6.45) is 2.02. The molecule has 0 saturated heterocycles. The van der Waals surface area contributed by atoms with E-state index in [1.165, 1.54) is 275 Å². The molecule has 0 amide bonds. The van der Waals surface area contributed by atoms with Gasteiger partial charge in [0.1, 0.15) is 0 Å². The molecule has 0 heteroatoms. The van der Waals surface area contributed by atoms with Crippen LogP contribution in [0.3, 0.4) is 0 Å². The van der Waals surface area contributed by atoms with E-state index in [4.69, 9.17) is 0 Å². The minimum Gasteiger partial charge on any atom is -0.0622 e. The molecule has 0 aliphatic carbocycles. The molecule has 0 fully saturated rings. The number of hydrogen-bond donors (Lipinski definition) is 0. The predicted octanol–water partition coefficient (Wildman–Crippen LogP) is 36.1. The lowest BCUT2D eigenvalue weighted by molar-refractivity contribution is 1.14. The molecule has 0 spiro atoms. The quantitative estimate of drug-likeness (QED) is 0.0952. The van der Waals surface area contributed by atoms with Crippen LogP contribution in [-0.2, 0) is 12.8 Å². The average Bonchev–Trinajstić information content (AvgIpc) is 0.705. The number of aryl methyl sites for hydroxylation is 6. The lowest BCUT2D eigenvalue weighted by atomic mass is 9.80. The van der Waals surface area contributed by atoms with Gasteiger partial charge in [0.05, 0.1) is 0 Å². The topological polar surface area (TPSA) is 0 Å². The van der Waals surface area contributed by atoms with Gasteiger partial charge < -0.3 is 0 Å². The minimum absolute atomic E-state index is 1.01. The summed E-state index contributed by atoms with van der Waals surface area (Å²) in [5.74, 6) is 0. The molecular weight excluding hydrogens is 1540 g/mol. The highest BCUT2D eigenvalue weighted by atomic mass is 14.3. The normalized spacial score (nSPS) is 11.7. The summed E-state index contributed by atoms with van der Waals surface area (Å²) in [5.41, 5.74) is 37.7. The second-order valence-electron chi connectivity index (χ2n) is 35.2. The van der Waals surface area contributed by atoms with Gasteiger partial charge in [0, 0.05) is 0 Å². The van der Waals surface area contributed by atoms with E-state index in [1.807, 2.05) is 0 Å². The molecule has 0 aromatic heterocycles. The van der Waals surface area contributed by atoms with Crippen LogP contribution in [0.5, 0.6) is 0 Å². The lowest BCUT2D eigenvalue weighted by Crippen LogP contribution is -1.96. The predicted molar refractivity (Wildman–Crippen MR) is 553 cm³/mol. The summed E-state index contributed by atoms with van der Waals surface area (Å²) >= 11 is 0. The van der Waals surface area contributed by atoms with Crippen LogP contribution in [0.15, 0.2) is 425 Å². The van der Waals surface area contributed by atoms with Crippen LogP contribution in [0, 0.1) is 27.7 Å². The van der Waals surface area contributed by atoms with Gasteiger partial charge >= 0.3 is 0 Å². The molecular formula is C128H92. The molecule has 0 saturated carbocycles. The Morgan fingerprint density at radius 3 is 0.523 bits per heavy atom. The minimum atomic E-state index is 1.01. The second kappa shape index (κ2) is 31.9. The Hall–Kier alpha value is -15.6. The summed E-state index contributed by atoms with van der Waals surface area (Å²) in [7, 11) is 0. The maximum Gasteiger partial charge on any atom is -0.00139 e. The highest BCUT2D eigenvalue weighted by Gasteiger charge is 2.28. The monoisotopic (exact) mass is 1630 g/mol. The Balaban J connectivity index is 0.000000146. The van der Waals surface area contributed by atoms with Crippen molar-refractivity contribution in [3.8, 4) is 134 Å². The van der Waals surface area contributed by atoms with Gasteiger partial charge in [0.15, 0.2) is 0 Å². The Morgan fingerprint density at radius 1 is 0.125 bits per heavy atom. The van der Waals surface area contributed by atoms with Crippen LogP contribution < -0.4 is 0 Å². The number of fused-ring (bicyclic) bond motifs is 4. The smallest absolute Gasteiger partial charge is 0.00139 e. The van der Waals surface area contributed by atoms with Crippen LogP contribution in [0.2, 0.25) is 0 Å². The van der Waals surface area contributed by atoms with E-state index in [1.54, 1.807) is 0 Å². The fourth-order valence-electron chi connectivity index (χ4n) is 21.5. The summed E-state index contributed by atoms with van der Waals surface area (Å²) in [5, 5.41) is 25.5. The molecule has 24 rings (SSSR count). The second-order valence-corrected chi connectivity index (χ2v) is 35.2. The zero-order chi connectivity index (χ0) is 85.8. The summed E-state index contributed by atoms with van der Waals surface area (Å²) in [4.78, 5) is 0. The first-order valence-corrected chi connectivity index (χ1v) is 45.3. The maximum atomic E-state index is 2.49. The van der Waals surface area contributed by atoms with E-state index in [0.717, 1.165) is 12.8 Å². The van der Waals surface area contributed by atoms with E-state index in [2.05, 4.69) is 466 Å². The zero-order valence-electron chi connectivity index (χ0n) is 72.8. The molecule has 24 aromatic rings. The SMILES string of the molecule is CCc1ccc(-c2cc(-c3ccc(-c4ccccc4)c4ccccc34)c3ccc4c(-c5ccc(CC)cc5)cc(-c5ccc(-c6ccccc6)c6ccccc56)c5ccc2c3c45)cc1.Cc1cc(C)cc(-c2cc(-c3ccc(-c4ccccc4)c4ccccc34)c3ccc4c(-c5cc(C)cc(C)c5)cc(-c5ccc(-c6ccccc6)c6ccccc56)c5ccc2c3c45)c1. The fraction of sp³-hybridized carbons (Fsp3) is 0.0625. The van der Waals surface area contributed by atoms with E-state index < -0.39 is 0 Å². The van der Waals surface area contributed by atoms with E-state index in [0.29, 0.717) is 0 Å². The van der Waals surface area contributed by atoms with E-state index >= 15 is 0 Å². The number of benzene rings is 24. The molecule has 0 aliphatic heterocycles. The van der Waals surface area contributed by atoms with Gasteiger partial charge in [-0.2, -0.15) is 0 Å². The van der Waals surface area contributed by atoms with Gasteiger partial charge in [-0.1, -0.05) is 436 Å². The van der Waals surface area contributed by atoms with Crippen molar-refractivity contribution >= 4 is 108 Å². The van der Waals surface area contributed by atoms with E-state index in [9.17, 15) is 0 Å². The number of hydrogen-bond acceptors (Lipinski definition) is 0. The molecule has 0 bridgehead atoms. The summed E-state index contributed by atoms with van der Waals surface area (Å²) < 4.78 is 0. The first-order valence-electron chi connectivity index (χ1n) is 45.3. The summed E-state index contributed by atoms with van der Waals surface area (Å²) in [6, 6.07) is 160. The fourth-order valence-corrected chi connectivity index (χ4v) is 21.5. The van der Waals surface area contributed by atoms with Crippen LogP contribution in [0.4, 0.5) is 0 Å². The Bertz CT molecular complexity index is 7940. The molecule has 24 aromatic carbocycles. The average molecular weight is 1630 g/mol. The molecule has 0 radical (unpaired) electrons. The molecule has 0 aliphatic rings. The Kier molecular flexibility index (Phi) is 19.2. The Labute approximate surface area is 748 Å². The standard InChI is InChI=1S/2C64H46/c1-39-31-40(2)34-45(33-39)59-37-61(53-25-23-47(43-15-7-5-8-16-43)49-19-11-13-21-51(49)53)57-30-28-56-60(46-35-41(3)32-42(4)36-46)38-62(58-29-27-55(59)63(57)64(56)58)54-26-24-48(44-17-9-6-10-18-44)50-20-12-14-22-52(50)54;1-3-41-23-27-45(28-24-41)59-39-61(53-33-31-47(43-15-7-5-8-16-43)49-19-11-13-21-51(49)53)57-38-36-56-60(46-29-25-42(4-2)26-30-46)40-62(58-37-35-55(59)63(57)64(56)58)54-34-32-48(44-17-9-6-10-18-44)50-20-12-14-22-52(50)54/h5-38H,1-4H3;5-40H,3-4H2,1-2H3. The van der Waals surface area contributed by atoms with Gasteiger partial charge in [-0.3, -0.25) is 0 Å². The Morgan fingerprint density at radius 2 is 0.305 bits per heavy atom. The van der Waals surface area contributed by atoms with Crippen molar-refractivity contribution in [1.82, 2.24) is 0 Å². The molecule has 0 heterocycles. The molecule has 0 nitrogen and oxygen atoms in total. The van der Waals surface area contributed by atoms with Gasteiger partial charge in [0.2, 0.25) is 0 Å². The van der Waals surface area contributed by atoms with Crippen molar-refractivity contribution in [2.45, 2.75) is 54.4 Å². The zero-order valence-corrected chi connectivity index (χ0v) is 72.8. The highest BCUT2D eigenvalue weighted by Crippen LogP contribution is 2.55. The third kappa shape index (κ3) is 13.2. The van der Waals surface area contributed by atoms with Gasteiger partial charge in [-0.15, -0.1) is 0 Å². The van der Waals surface area contributed by atoms with Crippen LogP contribution in [0.1, 0.15) is 47.2 Å². The highest BCUT2D eigenvalue weighted by molar-refractivity contribution is 6.35. The van der Waals surface area contributed by atoms with Crippen molar-refractivity contribution in [3.63, 3.8) is 0 Å². The molecule has 604 valence electrons. The third-order valence-corrected chi connectivity index (χ3v) is 27.4. The molecule has 0 N–H and O–H groups in total. The van der Waals surface area contributed by atoms with Crippen molar-refractivity contribution in [1.29, 1.82) is 0 Å². The van der Waals surface area contributed by atoms with Crippen LogP contribution in [0.25, 0.3) is 241 Å². The lowest BCUT2D eigenvalue weighted by Gasteiger charge is -2.23. The first-order chi connectivity index (χ1) is 63.0. The van der Waals surface area contributed by atoms with Gasteiger partial charge in [-0.05, 0) is 317 Å². The third-order valence-electron chi connectivity index (χ3n) is 27.4. The van der Waals surface area contributed by atoms with Crippen LogP contribution in [-0.4, -0.2) is 0 Å². The molecule has 128 heavy (non-hydrogen) atoms. The van der Waals surface area contributed by atoms with Crippen molar-refractivity contribution in [3.05, 3.63) is 458 Å². The van der Waals surface area contributed by atoms with Crippen molar-refractivity contribution < 1.29 is 0 Å². The van der Waals surface area contributed by atoms with Gasteiger partial charge in [-0.25, -0.2) is 0 Å². The van der Waals surface area contributed by atoms with Crippen LogP contribution >= 0.6 is 0 Å². The van der Waals surface area contributed by atoms with E-state index in [-0.39, 0.29) is 0 Å². The largest absolute Gasteiger partial charge is 0.0622 e. The van der Waals surface area contributed by atoms with Crippen molar-refractivity contribution in [2.24, 2.45) is 0 Å². The van der Waals surface area contributed by atoms with Crippen molar-refractivity contribution in [2.75, 3.05) is 0 Å². The van der Waals surface area contributed by atoms with Gasteiger partial charge in [0.25, 0.3) is 0 Å². The molecule has 0 atom stereocenters. The number of rotatable bonds is 14. The maximum absolute atomic E-state index is 2.49. The summed E-state index contributed by atoms with van der Waals surface area (Å²) in [6.45, 7) is 13.4. The molecule has 0 unspecified atom stereocenters.